The van der Waals surface area contributed by atoms with Gasteiger partial charge in [0, 0.05) is 16.6 Å². The van der Waals surface area contributed by atoms with Crippen LogP contribution in [0.1, 0.15) is 17.7 Å². The second kappa shape index (κ2) is 4.21. The number of benzene rings is 1. The van der Waals surface area contributed by atoms with Crippen molar-refractivity contribution in [3.05, 3.63) is 35.3 Å². The highest BCUT2D eigenvalue weighted by Gasteiger charge is 2.23. The van der Waals surface area contributed by atoms with Gasteiger partial charge in [0.15, 0.2) is 5.01 Å². The molecule has 1 aliphatic carbocycles. The molecule has 0 amide bonds. The standard InChI is InChI=1S/C14H11FN4S/c15-9-5-1-4-8-11(13-18-19-14(16)20-13)7-3-2-6-10(7)17-12(8)9/h1,4-5H,2-3,6H2,(H2,16,19). The van der Waals surface area contributed by atoms with E-state index in [0.717, 1.165) is 40.9 Å². The lowest BCUT2D eigenvalue weighted by Gasteiger charge is -2.10. The Kier molecular flexibility index (Phi) is 2.47. The largest absolute Gasteiger partial charge is 0.374 e. The third kappa shape index (κ3) is 1.61. The van der Waals surface area contributed by atoms with Gasteiger partial charge in [0.05, 0.1) is 0 Å². The average Bonchev–Trinajstić information content (AvgIpc) is 3.05. The summed E-state index contributed by atoms with van der Waals surface area (Å²) in [5.41, 5.74) is 9.20. The third-order valence-corrected chi connectivity index (χ3v) is 4.42. The minimum atomic E-state index is -0.295. The Morgan fingerprint density at radius 2 is 2.10 bits per heavy atom. The van der Waals surface area contributed by atoms with E-state index in [0.29, 0.717) is 10.6 Å². The summed E-state index contributed by atoms with van der Waals surface area (Å²) in [6.07, 6.45) is 2.88. The van der Waals surface area contributed by atoms with Gasteiger partial charge in [-0.3, -0.25) is 0 Å². The molecule has 3 aromatic rings. The van der Waals surface area contributed by atoms with E-state index in [1.54, 1.807) is 6.07 Å². The highest BCUT2D eigenvalue weighted by atomic mass is 32.1. The number of hydrogen-bond donors (Lipinski definition) is 1. The van der Waals surface area contributed by atoms with E-state index >= 15 is 0 Å². The monoisotopic (exact) mass is 286 g/mol. The lowest BCUT2D eigenvalue weighted by atomic mass is 10.0. The number of hydrogen-bond acceptors (Lipinski definition) is 5. The van der Waals surface area contributed by atoms with Crippen molar-refractivity contribution in [3.63, 3.8) is 0 Å². The van der Waals surface area contributed by atoms with Crippen LogP contribution in [0.5, 0.6) is 0 Å². The molecule has 0 atom stereocenters. The predicted molar refractivity (Wildman–Crippen MR) is 77.0 cm³/mol. The molecule has 0 fully saturated rings. The van der Waals surface area contributed by atoms with Gasteiger partial charge in [-0.05, 0) is 30.9 Å². The van der Waals surface area contributed by atoms with Crippen LogP contribution in [0.2, 0.25) is 0 Å². The summed E-state index contributed by atoms with van der Waals surface area (Å²) in [6.45, 7) is 0. The molecule has 2 heterocycles. The first-order valence-corrected chi connectivity index (χ1v) is 7.25. The van der Waals surface area contributed by atoms with E-state index in [-0.39, 0.29) is 5.82 Å². The van der Waals surface area contributed by atoms with Crippen LogP contribution in [0.3, 0.4) is 0 Å². The summed E-state index contributed by atoms with van der Waals surface area (Å²) in [5, 5.41) is 9.98. The van der Waals surface area contributed by atoms with Crippen LogP contribution >= 0.6 is 11.3 Å². The zero-order chi connectivity index (χ0) is 13.7. The lowest BCUT2D eigenvalue weighted by Crippen LogP contribution is -1.97. The molecular formula is C14H11FN4S. The van der Waals surface area contributed by atoms with Crippen LogP contribution in [0.4, 0.5) is 9.52 Å². The minimum absolute atomic E-state index is 0.295. The van der Waals surface area contributed by atoms with Gasteiger partial charge in [-0.15, -0.1) is 10.2 Å². The summed E-state index contributed by atoms with van der Waals surface area (Å²) in [6, 6.07) is 5.03. The van der Waals surface area contributed by atoms with Crippen molar-refractivity contribution in [2.75, 3.05) is 5.73 Å². The van der Waals surface area contributed by atoms with Crippen molar-refractivity contribution < 1.29 is 4.39 Å². The van der Waals surface area contributed by atoms with Gasteiger partial charge in [0.25, 0.3) is 0 Å². The first-order chi connectivity index (χ1) is 9.74. The van der Waals surface area contributed by atoms with Crippen molar-refractivity contribution in [2.24, 2.45) is 0 Å². The molecule has 0 aliphatic heterocycles. The zero-order valence-corrected chi connectivity index (χ0v) is 11.4. The second-order valence-electron chi connectivity index (χ2n) is 4.85. The van der Waals surface area contributed by atoms with Gasteiger partial charge in [-0.2, -0.15) is 0 Å². The lowest BCUT2D eigenvalue weighted by molar-refractivity contribution is 0.636. The number of nitrogens with zero attached hydrogens (tertiary/aromatic N) is 3. The number of para-hydroxylation sites is 1. The molecule has 100 valence electrons. The van der Waals surface area contributed by atoms with E-state index in [9.17, 15) is 4.39 Å². The van der Waals surface area contributed by atoms with Crippen LogP contribution in [0, 0.1) is 5.82 Å². The third-order valence-electron chi connectivity index (χ3n) is 3.65. The van der Waals surface area contributed by atoms with Crippen molar-refractivity contribution in [1.29, 1.82) is 0 Å². The number of rotatable bonds is 1. The molecule has 2 aromatic heterocycles. The quantitative estimate of drug-likeness (QED) is 0.747. The first kappa shape index (κ1) is 11.7. The highest BCUT2D eigenvalue weighted by Crippen LogP contribution is 2.39. The fourth-order valence-corrected chi connectivity index (χ4v) is 3.53. The van der Waals surface area contributed by atoms with Gasteiger partial charge in [-0.1, -0.05) is 23.5 Å². The van der Waals surface area contributed by atoms with E-state index in [2.05, 4.69) is 15.2 Å². The maximum absolute atomic E-state index is 14.0. The summed E-state index contributed by atoms with van der Waals surface area (Å²) >= 11 is 1.33. The molecular weight excluding hydrogens is 275 g/mol. The fourth-order valence-electron chi connectivity index (χ4n) is 2.83. The maximum atomic E-state index is 14.0. The van der Waals surface area contributed by atoms with Crippen LogP contribution in [-0.4, -0.2) is 15.2 Å². The van der Waals surface area contributed by atoms with Crippen LogP contribution in [-0.2, 0) is 12.8 Å². The Labute approximate surface area is 118 Å². The number of aromatic nitrogens is 3. The minimum Gasteiger partial charge on any atom is -0.374 e. The molecule has 4 rings (SSSR count). The first-order valence-electron chi connectivity index (χ1n) is 6.43. The summed E-state index contributed by atoms with van der Waals surface area (Å²) in [7, 11) is 0. The van der Waals surface area contributed by atoms with Gasteiger partial charge in [-0.25, -0.2) is 9.37 Å². The van der Waals surface area contributed by atoms with E-state index in [1.807, 2.05) is 6.07 Å². The molecule has 0 spiro atoms. The van der Waals surface area contributed by atoms with E-state index in [1.165, 1.54) is 23.0 Å². The van der Waals surface area contributed by atoms with Crippen LogP contribution < -0.4 is 5.73 Å². The molecule has 4 nitrogen and oxygen atoms in total. The zero-order valence-electron chi connectivity index (χ0n) is 10.6. The number of halogens is 1. The van der Waals surface area contributed by atoms with E-state index in [4.69, 9.17) is 5.73 Å². The fraction of sp³-hybridized carbons (Fsp3) is 0.214. The Morgan fingerprint density at radius 1 is 1.20 bits per heavy atom. The number of fused-ring (bicyclic) bond motifs is 2. The molecule has 0 saturated heterocycles. The highest BCUT2D eigenvalue weighted by molar-refractivity contribution is 7.18. The number of nitrogen functional groups attached to an aromatic ring is 1. The number of nitrogens with two attached hydrogens (primary N) is 1. The van der Waals surface area contributed by atoms with Crippen LogP contribution in [0.15, 0.2) is 18.2 Å². The maximum Gasteiger partial charge on any atom is 0.203 e. The number of aryl methyl sites for hydroxylation is 1. The van der Waals surface area contributed by atoms with Crippen molar-refractivity contribution in [3.8, 4) is 10.6 Å². The Balaban J connectivity index is 2.14. The van der Waals surface area contributed by atoms with Gasteiger partial charge in [0.2, 0.25) is 5.13 Å². The van der Waals surface area contributed by atoms with E-state index < -0.39 is 0 Å². The van der Waals surface area contributed by atoms with Gasteiger partial charge >= 0.3 is 0 Å². The normalized spacial score (nSPS) is 13.8. The average molecular weight is 286 g/mol. The Bertz CT molecular complexity index is 827. The summed E-state index contributed by atoms with van der Waals surface area (Å²) in [4.78, 5) is 4.50. The molecule has 6 heteroatoms. The van der Waals surface area contributed by atoms with Crippen LogP contribution in [0.25, 0.3) is 21.5 Å². The van der Waals surface area contributed by atoms with Crippen molar-refractivity contribution in [1.82, 2.24) is 15.2 Å². The number of pyridine rings is 1. The second-order valence-corrected chi connectivity index (χ2v) is 5.86. The molecule has 0 bridgehead atoms. The van der Waals surface area contributed by atoms with Crippen molar-refractivity contribution >= 4 is 27.4 Å². The molecule has 20 heavy (non-hydrogen) atoms. The molecule has 2 N–H and O–H groups in total. The molecule has 0 radical (unpaired) electrons. The SMILES string of the molecule is Nc1nnc(-c2c3c(nc4c(F)cccc24)CCC3)s1. The molecule has 1 aromatic carbocycles. The smallest absolute Gasteiger partial charge is 0.203 e. The summed E-state index contributed by atoms with van der Waals surface area (Å²) < 4.78 is 14.0. The molecule has 0 unspecified atom stereocenters. The molecule has 0 saturated carbocycles. The van der Waals surface area contributed by atoms with Crippen molar-refractivity contribution in [2.45, 2.75) is 19.3 Å². The summed E-state index contributed by atoms with van der Waals surface area (Å²) in [5.74, 6) is -0.295. The van der Waals surface area contributed by atoms with Gasteiger partial charge in [0.1, 0.15) is 11.3 Å². The molecule has 1 aliphatic rings. The Morgan fingerprint density at radius 3 is 2.90 bits per heavy atom. The van der Waals surface area contributed by atoms with Gasteiger partial charge < -0.3 is 5.73 Å². The predicted octanol–water partition coefficient (Wildman–Crippen LogP) is 2.96. The topological polar surface area (TPSA) is 64.7 Å². The number of anilines is 1. The Hall–Kier alpha value is -2.08.